The maximum absolute atomic E-state index is 3.72. The first-order chi connectivity index (χ1) is 9.61. The van der Waals surface area contributed by atoms with Crippen LogP contribution in [0.15, 0.2) is 30.3 Å². The molecule has 0 saturated heterocycles. The zero-order valence-corrected chi connectivity index (χ0v) is 13.4. The van der Waals surface area contributed by atoms with Crippen LogP contribution in [-0.4, -0.2) is 31.1 Å². The standard InChI is InChI=1S/C18H30N2/c1-4-12-18(2,14-19-17-10-11-17)15-20(3)13-16-8-6-5-7-9-16/h5-9,17,19H,4,10-15H2,1-3H3. The highest BCUT2D eigenvalue weighted by Gasteiger charge is 2.29. The Morgan fingerprint density at radius 1 is 1.25 bits per heavy atom. The average Bonchev–Trinajstić information content (AvgIpc) is 3.22. The second-order valence-electron chi connectivity index (χ2n) is 6.87. The van der Waals surface area contributed by atoms with E-state index in [1.54, 1.807) is 0 Å². The van der Waals surface area contributed by atoms with Crippen LogP contribution in [0.3, 0.4) is 0 Å². The summed E-state index contributed by atoms with van der Waals surface area (Å²) in [6.45, 7) is 8.10. The van der Waals surface area contributed by atoms with Gasteiger partial charge in [-0.2, -0.15) is 0 Å². The molecule has 1 fully saturated rings. The van der Waals surface area contributed by atoms with Gasteiger partial charge in [0, 0.05) is 25.7 Å². The predicted octanol–water partition coefficient (Wildman–Crippen LogP) is 3.68. The first kappa shape index (κ1) is 15.5. The summed E-state index contributed by atoms with van der Waals surface area (Å²) >= 11 is 0. The van der Waals surface area contributed by atoms with Gasteiger partial charge in [-0.3, -0.25) is 0 Å². The molecule has 2 rings (SSSR count). The minimum Gasteiger partial charge on any atom is -0.313 e. The molecule has 1 aromatic rings. The predicted molar refractivity (Wildman–Crippen MR) is 86.8 cm³/mol. The van der Waals surface area contributed by atoms with Gasteiger partial charge in [-0.15, -0.1) is 0 Å². The Kier molecular flexibility index (Phi) is 5.62. The highest BCUT2D eigenvalue weighted by molar-refractivity contribution is 5.14. The van der Waals surface area contributed by atoms with Crippen molar-refractivity contribution < 1.29 is 0 Å². The molecule has 20 heavy (non-hydrogen) atoms. The lowest BCUT2D eigenvalue weighted by molar-refractivity contribution is 0.167. The highest BCUT2D eigenvalue weighted by Crippen LogP contribution is 2.27. The van der Waals surface area contributed by atoms with Crippen LogP contribution in [-0.2, 0) is 6.54 Å². The first-order valence-corrected chi connectivity index (χ1v) is 8.07. The molecule has 112 valence electrons. The van der Waals surface area contributed by atoms with E-state index in [4.69, 9.17) is 0 Å². The quantitative estimate of drug-likeness (QED) is 0.739. The molecule has 1 unspecified atom stereocenters. The molecule has 1 N–H and O–H groups in total. The first-order valence-electron chi connectivity index (χ1n) is 8.07. The Labute approximate surface area is 124 Å². The van der Waals surface area contributed by atoms with Crippen molar-refractivity contribution in [3.63, 3.8) is 0 Å². The molecule has 1 aliphatic carbocycles. The summed E-state index contributed by atoms with van der Waals surface area (Å²) in [5.41, 5.74) is 1.80. The van der Waals surface area contributed by atoms with Crippen molar-refractivity contribution in [2.24, 2.45) is 5.41 Å². The number of rotatable bonds is 9. The molecule has 1 saturated carbocycles. The summed E-state index contributed by atoms with van der Waals surface area (Å²) in [4.78, 5) is 2.47. The van der Waals surface area contributed by atoms with Gasteiger partial charge in [-0.05, 0) is 37.3 Å². The Bertz CT molecular complexity index is 386. The number of hydrogen-bond donors (Lipinski definition) is 1. The summed E-state index contributed by atoms with van der Waals surface area (Å²) in [6.07, 6.45) is 5.32. The van der Waals surface area contributed by atoms with E-state index in [0.29, 0.717) is 5.41 Å². The van der Waals surface area contributed by atoms with E-state index in [1.807, 2.05) is 0 Å². The van der Waals surface area contributed by atoms with Gasteiger partial charge in [0.15, 0.2) is 0 Å². The molecule has 1 aliphatic rings. The van der Waals surface area contributed by atoms with Crippen molar-refractivity contribution in [2.75, 3.05) is 20.1 Å². The fourth-order valence-corrected chi connectivity index (χ4v) is 3.11. The monoisotopic (exact) mass is 274 g/mol. The van der Waals surface area contributed by atoms with Gasteiger partial charge < -0.3 is 10.2 Å². The van der Waals surface area contributed by atoms with E-state index >= 15 is 0 Å². The van der Waals surface area contributed by atoms with Crippen molar-refractivity contribution in [3.05, 3.63) is 35.9 Å². The maximum Gasteiger partial charge on any atom is 0.0230 e. The summed E-state index contributed by atoms with van der Waals surface area (Å²) in [5.74, 6) is 0. The van der Waals surface area contributed by atoms with Crippen molar-refractivity contribution in [3.8, 4) is 0 Å². The molecule has 0 aromatic heterocycles. The Balaban J connectivity index is 1.85. The zero-order valence-electron chi connectivity index (χ0n) is 13.4. The molecule has 0 radical (unpaired) electrons. The summed E-state index contributed by atoms with van der Waals surface area (Å²) < 4.78 is 0. The number of hydrogen-bond acceptors (Lipinski definition) is 2. The van der Waals surface area contributed by atoms with E-state index in [0.717, 1.165) is 25.7 Å². The molecule has 0 aliphatic heterocycles. The van der Waals surface area contributed by atoms with E-state index in [1.165, 1.54) is 31.2 Å². The number of nitrogens with one attached hydrogen (secondary N) is 1. The van der Waals surface area contributed by atoms with Crippen LogP contribution in [0.1, 0.15) is 45.1 Å². The molecular formula is C18H30N2. The Morgan fingerprint density at radius 3 is 2.55 bits per heavy atom. The molecule has 0 spiro atoms. The second-order valence-corrected chi connectivity index (χ2v) is 6.87. The lowest BCUT2D eigenvalue weighted by Gasteiger charge is -2.34. The van der Waals surface area contributed by atoms with Crippen LogP contribution in [0.5, 0.6) is 0 Å². The molecule has 2 heteroatoms. The normalized spacial score (nSPS) is 18.2. The van der Waals surface area contributed by atoms with Gasteiger partial charge in [0.05, 0.1) is 0 Å². The van der Waals surface area contributed by atoms with Crippen molar-refractivity contribution >= 4 is 0 Å². The molecule has 0 bridgehead atoms. The van der Waals surface area contributed by atoms with Crippen LogP contribution in [0.25, 0.3) is 0 Å². The maximum atomic E-state index is 3.72. The SMILES string of the molecule is CCCC(C)(CNC1CC1)CN(C)Cc1ccccc1. The van der Waals surface area contributed by atoms with Gasteiger partial charge in [0.2, 0.25) is 0 Å². The van der Waals surface area contributed by atoms with Gasteiger partial charge in [0.25, 0.3) is 0 Å². The minimum absolute atomic E-state index is 0.390. The number of benzene rings is 1. The largest absolute Gasteiger partial charge is 0.313 e. The average molecular weight is 274 g/mol. The van der Waals surface area contributed by atoms with Crippen LogP contribution < -0.4 is 5.32 Å². The highest BCUT2D eigenvalue weighted by atomic mass is 15.1. The summed E-state index contributed by atoms with van der Waals surface area (Å²) in [7, 11) is 2.25. The third-order valence-corrected chi connectivity index (χ3v) is 4.20. The van der Waals surface area contributed by atoms with Crippen LogP contribution >= 0.6 is 0 Å². The van der Waals surface area contributed by atoms with Gasteiger partial charge in [-0.1, -0.05) is 50.6 Å². The molecule has 1 aromatic carbocycles. The lowest BCUT2D eigenvalue weighted by atomic mass is 9.84. The van der Waals surface area contributed by atoms with Crippen molar-refractivity contribution in [1.82, 2.24) is 10.2 Å². The molecule has 2 nitrogen and oxygen atoms in total. The fraction of sp³-hybridized carbons (Fsp3) is 0.667. The lowest BCUT2D eigenvalue weighted by Crippen LogP contribution is -2.41. The van der Waals surface area contributed by atoms with E-state index in [-0.39, 0.29) is 0 Å². The third kappa shape index (κ3) is 5.26. The Morgan fingerprint density at radius 2 is 1.95 bits per heavy atom. The van der Waals surface area contributed by atoms with Crippen molar-refractivity contribution in [1.29, 1.82) is 0 Å². The second kappa shape index (κ2) is 7.24. The molecule has 1 atom stereocenters. The fourth-order valence-electron chi connectivity index (χ4n) is 3.11. The van der Waals surface area contributed by atoms with Crippen LogP contribution in [0, 0.1) is 5.41 Å². The van der Waals surface area contributed by atoms with Gasteiger partial charge in [0.1, 0.15) is 0 Å². The van der Waals surface area contributed by atoms with Crippen LogP contribution in [0.2, 0.25) is 0 Å². The van der Waals surface area contributed by atoms with Gasteiger partial charge >= 0.3 is 0 Å². The smallest absolute Gasteiger partial charge is 0.0230 e. The van der Waals surface area contributed by atoms with Crippen LogP contribution in [0.4, 0.5) is 0 Å². The summed E-state index contributed by atoms with van der Waals surface area (Å²) in [5, 5.41) is 3.72. The van der Waals surface area contributed by atoms with Crippen molar-refractivity contribution in [2.45, 2.75) is 52.1 Å². The van der Waals surface area contributed by atoms with E-state index in [9.17, 15) is 0 Å². The molecular weight excluding hydrogens is 244 g/mol. The Hall–Kier alpha value is -0.860. The molecule has 0 heterocycles. The van der Waals surface area contributed by atoms with E-state index in [2.05, 4.69) is 61.4 Å². The van der Waals surface area contributed by atoms with E-state index < -0.39 is 0 Å². The minimum atomic E-state index is 0.390. The zero-order chi connectivity index (χ0) is 14.4. The third-order valence-electron chi connectivity index (χ3n) is 4.20. The molecule has 0 amide bonds. The summed E-state index contributed by atoms with van der Waals surface area (Å²) in [6, 6.07) is 11.6. The topological polar surface area (TPSA) is 15.3 Å². The number of nitrogens with zero attached hydrogens (tertiary/aromatic N) is 1. The van der Waals surface area contributed by atoms with Gasteiger partial charge in [-0.25, -0.2) is 0 Å².